The molecule has 0 radical (unpaired) electrons. The highest BCUT2D eigenvalue weighted by atomic mass is 35.5. The van der Waals surface area contributed by atoms with Crippen LogP contribution in [0.3, 0.4) is 0 Å². The number of halogens is 2. The molecular weight excluding hydrogens is 391 g/mol. The van der Waals surface area contributed by atoms with Gasteiger partial charge in [0, 0.05) is 29.3 Å². The maximum absolute atomic E-state index is 13.5. The van der Waals surface area contributed by atoms with E-state index >= 15 is 0 Å². The normalized spacial score (nSPS) is 17.1. The van der Waals surface area contributed by atoms with E-state index in [1.165, 1.54) is 12.1 Å². The number of benzene rings is 2. The van der Waals surface area contributed by atoms with Crippen LogP contribution >= 0.6 is 11.6 Å². The zero-order chi connectivity index (χ0) is 20.3. The minimum absolute atomic E-state index is 0.200. The van der Waals surface area contributed by atoms with E-state index in [1.54, 1.807) is 12.1 Å². The molecule has 146 valence electrons. The number of nitro benzene ring substituents is 1. The summed E-state index contributed by atoms with van der Waals surface area (Å²) < 4.78 is 19.0. The first kappa shape index (κ1) is 19.8. The zero-order valence-corrected chi connectivity index (χ0v) is 15.4. The number of carbonyl (C=O) groups excluding carboxylic acids is 2. The summed E-state index contributed by atoms with van der Waals surface area (Å²) in [5.41, 5.74) is -0.163. The van der Waals surface area contributed by atoms with Crippen molar-refractivity contribution in [2.45, 2.75) is 25.4 Å². The summed E-state index contributed by atoms with van der Waals surface area (Å²) in [7, 11) is 0. The zero-order valence-electron chi connectivity index (χ0n) is 14.6. The van der Waals surface area contributed by atoms with Gasteiger partial charge in [-0.1, -0.05) is 11.6 Å². The van der Waals surface area contributed by atoms with Crippen molar-refractivity contribution in [1.29, 1.82) is 0 Å². The molecule has 9 heteroatoms. The number of carbonyl (C=O) groups is 2. The van der Waals surface area contributed by atoms with Crippen LogP contribution in [0.5, 0.6) is 5.75 Å². The molecule has 1 atom stereocenters. The summed E-state index contributed by atoms with van der Waals surface area (Å²) in [6.45, 7) is 0.200. The maximum atomic E-state index is 13.5. The predicted octanol–water partition coefficient (Wildman–Crippen LogP) is 3.99. The fourth-order valence-corrected chi connectivity index (χ4v) is 3.08. The second-order valence-corrected chi connectivity index (χ2v) is 6.71. The molecule has 1 fully saturated rings. The molecule has 0 saturated carbocycles. The average molecular weight is 407 g/mol. The van der Waals surface area contributed by atoms with E-state index in [1.807, 2.05) is 0 Å². The summed E-state index contributed by atoms with van der Waals surface area (Å²) in [6.07, 6.45) is 0.274. The molecular formula is C19H16ClFN2O5. The number of hydrogen-bond acceptors (Lipinski definition) is 5. The Hall–Kier alpha value is -3.00. The van der Waals surface area contributed by atoms with Crippen LogP contribution in [-0.2, 0) is 4.79 Å². The van der Waals surface area contributed by atoms with E-state index in [9.17, 15) is 24.1 Å². The molecule has 0 N–H and O–H groups in total. The Morgan fingerprint density at radius 2 is 1.93 bits per heavy atom. The Kier molecular flexibility index (Phi) is 5.89. The number of nitro groups is 1. The fourth-order valence-electron chi connectivity index (χ4n) is 2.95. The number of imide groups is 1. The molecule has 2 aromatic carbocycles. The molecule has 0 aliphatic carbocycles. The minimum atomic E-state index is -1.13. The molecule has 0 spiro atoms. The molecule has 28 heavy (non-hydrogen) atoms. The average Bonchev–Trinajstić information content (AvgIpc) is 2.83. The number of likely N-dealkylation sites (tertiary alicyclic amines) is 1. The highest BCUT2D eigenvalue weighted by Crippen LogP contribution is 2.30. The standard InChI is InChI=1S/C19H16ClFN2O5/c20-13-6-4-12(5-7-13)18(24)22-10-2-1-3-16(19(22)25)28-17-11-14(21)8-9-15(17)23(26)27/h4-9,11,16H,1-3,10H2/t16-/m0/s1. The van der Waals surface area contributed by atoms with Gasteiger partial charge < -0.3 is 4.74 Å². The van der Waals surface area contributed by atoms with Crippen LogP contribution < -0.4 is 4.74 Å². The van der Waals surface area contributed by atoms with Gasteiger partial charge in [-0.05, 0) is 49.6 Å². The van der Waals surface area contributed by atoms with Crippen LogP contribution in [0, 0.1) is 15.9 Å². The lowest BCUT2D eigenvalue weighted by molar-refractivity contribution is -0.386. The Morgan fingerprint density at radius 3 is 2.61 bits per heavy atom. The number of rotatable bonds is 4. The minimum Gasteiger partial charge on any atom is -0.473 e. The highest BCUT2D eigenvalue weighted by Gasteiger charge is 2.34. The third kappa shape index (κ3) is 4.28. The summed E-state index contributed by atoms with van der Waals surface area (Å²) in [5.74, 6) is -2.19. The lowest BCUT2D eigenvalue weighted by Gasteiger charge is -2.23. The van der Waals surface area contributed by atoms with Crippen molar-refractivity contribution in [3.05, 3.63) is 69.0 Å². The Bertz CT molecular complexity index is 919. The van der Waals surface area contributed by atoms with Crippen LogP contribution in [0.4, 0.5) is 10.1 Å². The monoisotopic (exact) mass is 406 g/mol. The largest absolute Gasteiger partial charge is 0.473 e. The van der Waals surface area contributed by atoms with E-state index in [-0.39, 0.29) is 24.3 Å². The summed E-state index contributed by atoms with van der Waals surface area (Å²) in [6, 6.07) is 8.88. The lowest BCUT2D eigenvalue weighted by atomic mass is 10.1. The van der Waals surface area contributed by atoms with Gasteiger partial charge in [0.1, 0.15) is 5.82 Å². The van der Waals surface area contributed by atoms with E-state index < -0.39 is 34.3 Å². The van der Waals surface area contributed by atoms with Crippen molar-refractivity contribution in [3.63, 3.8) is 0 Å². The van der Waals surface area contributed by atoms with E-state index in [0.717, 1.165) is 23.1 Å². The smallest absolute Gasteiger partial charge is 0.311 e. The molecule has 2 aromatic rings. The number of hydrogen-bond donors (Lipinski definition) is 0. The molecule has 1 aliphatic heterocycles. The van der Waals surface area contributed by atoms with Crippen molar-refractivity contribution < 1.29 is 23.6 Å². The van der Waals surface area contributed by atoms with E-state index in [4.69, 9.17) is 16.3 Å². The maximum Gasteiger partial charge on any atom is 0.311 e. The summed E-state index contributed by atoms with van der Waals surface area (Å²) in [4.78, 5) is 37.1. The van der Waals surface area contributed by atoms with Crippen LogP contribution in [0.2, 0.25) is 5.02 Å². The van der Waals surface area contributed by atoms with Gasteiger partial charge in [-0.15, -0.1) is 0 Å². The van der Waals surface area contributed by atoms with Crippen LogP contribution in [0.15, 0.2) is 42.5 Å². The van der Waals surface area contributed by atoms with Gasteiger partial charge in [0.15, 0.2) is 6.10 Å². The van der Waals surface area contributed by atoms with Gasteiger partial charge in [-0.3, -0.25) is 24.6 Å². The molecule has 2 amide bonds. The molecule has 0 unspecified atom stereocenters. The van der Waals surface area contributed by atoms with Gasteiger partial charge >= 0.3 is 5.69 Å². The van der Waals surface area contributed by atoms with Crippen molar-refractivity contribution in [2.75, 3.05) is 6.54 Å². The quantitative estimate of drug-likeness (QED) is 0.435. The fraction of sp³-hybridized carbons (Fsp3) is 0.263. The molecule has 0 bridgehead atoms. The molecule has 1 aliphatic rings. The highest BCUT2D eigenvalue weighted by molar-refractivity contribution is 6.30. The number of nitrogens with zero attached hydrogens (tertiary/aromatic N) is 2. The topological polar surface area (TPSA) is 89.8 Å². The molecule has 1 saturated heterocycles. The van der Waals surface area contributed by atoms with E-state index in [2.05, 4.69) is 0 Å². The first-order chi connectivity index (χ1) is 13.4. The van der Waals surface area contributed by atoms with Crippen molar-refractivity contribution in [2.24, 2.45) is 0 Å². The molecule has 0 aromatic heterocycles. The predicted molar refractivity (Wildman–Crippen MR) is 98.8 cm³/mol. The van der Waals surface area contributed by atoms with E-state index in [0.29, 0.717) is 17.9 Å². The van der Waals surface area contributed by atoms with Crippen LogP contribution in [-0.4, -0.2) is 34.3 Å². The van der Waals surface area contributed by atoms with Gasteiger partial charge in [-0.2, -0.15) is 0 Å². The molecule has 1 heterocycles. The first-order valence-electron chi connectivity index (χ1n) is 8.58. The van der Waals surface area contributed by atoms with Gasteiger partial charge in [-0.25, -0.2) is 4.39 Å². The molecule has 3 rings (SSSR count). The van der Waals surface area contributed by atoms with Crippen molar-refractivity contribution in [1.82, 2.24) is 4.90 Å². The van der Waals surface area contributed by atoms with Crippen molar-refractivity contribution in [3.8, 4) is 5.75 Å². The van der Waals surface area contributed by atoms with Gasteiger partial charge in [0.2, 0.25) is 5.75 Å². The second kappa shape index (κ2) is 8.35. The number of ether oxygens (including phenoxy) is 1. The third-order valence-corrected chi connectivity index (χ3v) is 4.62. The molecule has 7 nitrogen and oxygen atoms in total. The van der Waals surface area contributed by atoms with Gasteiger partial charge in [0.05, 0.1) is 4.92 Å². The Balaban J connectivity index is 1.85. The SMILES string of the molecule is O=C(c1ccc(Cl)cc1)N1CCCC[C@H](Oc2cc(F)ccc2[N+](=O)[O-])C1=O. The van der Waals surface area contributed by atoms with Crippen LogP contribution in [0.25, 0.3) is 0 Å². The van der Waals surface area contributed by atoms with Gasteiger partial charge in [0.25, 0.3) is 11.8 Å². The summed E-state index contributed by atoms with van der Waals surface area (Å²) in [5, 5.41) is 11.6. The first-order valence-corrected chi connectivity index (χ1v) is 8.96. The van der Waals surface area contributed by atoms with Crippen LogP contribution in [0.1, 0.15) is 29.6 Å². The van der Waals surface area contributed by atoms with Crippen molar-refractivity contribution >= 4 is 29.1 Å². The number of amides is 2. The Labute approximate surface area is 164 Å². The lowest BCUT2D eigenvalue weighted by Crippen LogP contribution is -2.44. The summed E-state index contributed by atoms with van der Waals surface area (Å²) >= 11 is 5.83. The third-order valence-electron chi connectivity index (χ3n) is 4.36. The Morgan fingerprint density at radius 1 is 1.21 bits per heavy atom. The second-order valence-electron chi connectivity index (χ2n) is 6.27.